The largest absolute Gasteiger partial charge is 0.478 e. The van der Waals surface area contributed by atoms with E-state index in [1.54, 1.807) is 13.8 Å². The summed E-state index contributed by atoms with van der Waals surface area (Å²) in [7, 11) is 0. The highest BCUT2D eigenvalue weighted by Crippen LogP contribution is 2.18. The molecule has 0 aromatic rings. The molecule has 0 aliphatic carbocycles. The topological polar surface area (TPSA) is 127 Å². The van der Waals surface area contributed by atoms with Crippen LogP contribution in [-0.4, -0.2) is 47.3 Å². The Morgan fingerprint density at radius 1 is 0.885 bits per heavy atom. The lowest BCUT2D eigenvalue weighted by molar-refractivity contribution is -0.140. The Bertz CT molecular complexity index is 541. The minimum atomic E-state index is -1.20. The van der Waals surface area contributed by atoms with E-state index >= 15 is 0 Å². The summed E-state index contributed by atoms with van der Waals surface area (Å²) in [5, 5.41) is 17.2. The summed E-state index contributed by atoms with van der Waals surface area (Å²) < 4.78 is 9.29. The molecule has 148 valence electrons. The van der Waals surface area contributed by atoms with Crippen LogP contribution in [0.2, 0.25) is 0 Å². The van der Waals surface area contributed by atoms with Gasteiger partial charge in [0.2, 0.25) is 0 Å². The number of carboxylic acids is 2. The summed E-state index contributed by atoms with van der Waals surface area (Å²) in [6.45, 7) is 9.19. The van der Waals surface area contributed by atoms with E-state index in [9.17, 15) is 19.2 Å². The molecule has 0 bridgehead atoms. The zero-order valence-corrected chi connectivity index (χ0v) is 15.9. The fourth-order valence-corrected chi connectivity index (χ4v) is 1.88. The van der Waals surface area contributed by atoms with Crippen molar-refractivity contribution in [3.05, 3.63) is 23.3 Å². The molecule has 8 heteroatoms. The van der Waals surface area contributed by atoms with Gasteiger partial charge in [0.25, 0.3) is 0 Å². The summed E-state index contributed by atoms with van der Waals surface area (Å²) in [6, 6.07) is 0. The van der Waals surface area contributed by atoms with Crippen molar-refractivity contribution in [3.63, 3.8) is 0 Å². The standard InChI is InChI=1S/2C9H14O4/c1-4-12-8(10)6-7(3)9(11)13-5-2;1-3-6(4-2)7(9(12)13)5-8(10)11/h6H,4-5H2,1-3H3;5-6H,3-4H2,1-2H3,(H,10,11)(H,12,13)/b7-6+;7-5+. The van der Waals surface area contributed by atoms with Crippen LogP contribution in [0.15, 0.2) is 23.3 Å². The average molecular weight is 372 g/mol. The van der Waals surface area contributed by atoms with E-state index in [-0.39, 0.29) is 17.1 Å². The van der Waals surface area contributed by atoms with Gasteiger partial charge in [0.15, 0.2) is 0 Å². The highest BCUT2D eigenvalue weighted by atomic mass is 16.5. The average Bonchev–Trinajstić information content (AvgIpc) is 2.55. The highest BCUT2D eigenvalue weighted by molar-refractivity contribution is 5.96. The molecule has 26 heavy (non-hydrogen) atoms. The van der Waals surface area contributed by atoms with Crippen LogP contribution < -0.4 is 0 Å². The van der Waals surface area contributed by atoms with E-state index in [1.165, 1.54) is 6.92 Å². The van der Waals surface area contributed by atoms with Crippen molar-refractivity contribution < 1.29 is 38.9 Å². The van der Waals surface area contributed by atoms with Gasteiger partial charge in [-0.2, -0.15) is 0 Å². The Labute approximate surface area is 153 Å². The van der Waals surface area contributed by atoms with Gasteiger partial charge in [0.05, 0.1) is 13.2 Å². The third-order valence-electron chi connectivity index (χ3n) is 3.17. The number of rotatable bonds is 9. The van der Waals surface area contributed by atoms with Gasteiger partial charge in [-0.3, -0.25) is 0 Å². The Hall–Kier alpha value is -2.64. The predicted octanol–water partition coefficient (Wildman–Crippen LogP) is 2.58. The Morgan fingerprint density at radius 3 is 1.73 bits per heavy atom. The maximum atomic E-state index is 11.0. The molecule has 0 unspecified atom stereocenters. The number of hydrogen-bond donors (Lipinski definition) is 2. The molecule has 0 heterocycles. The van der Waals surface area contributed by atoms with E-state index < -0.39 is 23.9 Å². The van der Waals surface area contributed by atoms with Crippen LogP contribution in [0.1, 0.15) is 47.5 Å². The molecule has 0 fully saturated rings. The quantitative estimate of drug-likeness (QED) is 0.467. The zero-order valence-electron chi connectivity index (χ0n) is 15.9. The van der Waals surface area contributed by atoms with Crippen LogP contribution in [0, 0.1) is 5.92 Å². The fourth-order valence-electron chi connectivity index (χ4n) is 1.88. The van der Waals surface area contributed by atoms with Crippen molar-refractivity contribution in [2.45, 2.75) is 47.5 Å². The van der Waals surface area contributed by atoms with Gasteiger partial charge >= 0.3 is 23.9 Å². The summed E-state index contributed by atoms with van der Waals surface area (Å²) >= 11 is 0. The molecular weight excluding hydrogens is 344 g/mol. The lowest BCUT2D eigenvalue weighted by Gasteiger charge is -2.11. The first-order chi connectivity index (χ1) is 12.1. The second-order valence-electron chi connectivity index (χ2n) is 5.06. The third kappa shape index (κ3) is 11.8. The van der Waals surface area contributed by atoms with Crippen molar-refractivity contribution >= 4 is 23.9 Å². The molecule has 2 N–H and O–H groups in total. The molecule has 0 aromatic heterocycles. The third-order valence-corrected chi connectivity index (χ3v) is 3.17. The molecule has 0 aliphatic heterocycles. The Morgan fingerprint density at radius 2 is 1.38 bits per heavy atom. The lowest BCUT2D eigenvalue weighted by atomic mass is 9.93. The molecular formula is C18H28O8. The highest BCUT2D eigenvalue weighted by Gasteiger charge is 2.18. The monoisotopic (exact) mass is 372 g/mol. The van der Waals surface area contributed by atoms with Crippen molar-refractivity contribution in [2.24, 2.45) is 5.92 Å². The van der Waals surface area contributed by atoms with Gasteiger partial charge in [-0.05, 0) is 39.5 Å². The number of carboxylic acid groups (broad SMARTS) is 2. The summed E-state index contributed by atoms with van der Waals surface area (Å²) in [6.07, 6.45) is 3.19. The van der Waals surface area contributed by atoms with E-state index in [4.69, 9.17) is 10.2 Å². The maximum absolute atomic E-state index is 11.0. The van der Waals surface area contributed by atoms with Crippen LogP contribution in [0.25, 0.3) is 0 Å². The summed E-state index contributed by atoms with van der Waals surface area (Å²) in [5.41, 5.74) is 0.234. The van der Waals surface area contributed by atoms with Gasteiger partial charge in [-0.15, -0.1) is 0 Å². The van der Waals surface area contributed by atoms with Crippen LogP contribution in [0.4, 0.5) is 0 Å². The molecule has 0 aromatic carbocycles. The Kier molecular flexibility index (Phi) is 14.5. The number of esters is 2. The number of hydrogen-bond acceptors (Lipinski definition) is 6. The smallest absolute Gasteiger partial charge is 0.333 e. The van der Waals surface area contributed by atoms with E-state index in [0.717, 1.165) is 12.2 Å². The van der Waals surface area contributed by atoms with Crippen LogP contribution in [0.3, 0.4) is 0 Å². The molecule has 0 rings (SSSR count). The minimum absolute atomic E-state index is 0.0162. The summed E-state index contributed by atoms with van der Waals surface area (Å²) in [4.78, 5) is 42.8. The first-order valence-corrected chi connectivity index (χ1v) is 8.34. The second-order valence-corrected chi connectivity index (χ2v) is 5.06. The van der Waals surface area contributed by atoms with Crippen LogP contribution in [-0.2, 0) is 28.7 Å². The van der Waals surface area contributed by atoms with Gasteiger partial charge in [-0.25, -0.2) is 19.2 Å². The molecule has 0 atom stereocenters. The molecule has 0 aliphatic rings. The maximum Gasteiger partial charge on any atom is 0.333 e. The van der Waals surface area contributed by atoms with E-state index in [0.29, 0.717) is 26.1 Å². The first kappa shape index (κ1) is 25.6. The number of aliphatic carboxylic acids is 2. The minimum Gasteiger partial charge on any atom is -0.478 e. The van der Waals surface area contributed by atoms with Gasteiger partial charge in [0.1, 0.15) is 0 Å². The second kappa shape index (κ2) is 14.7. The molecule has 0 amide bonds. The predicted molar refractivity (Wildman–Crippen MR) is 94.4 cm³/mol. The molecule has 0 saturated carbocycles. The summed E-state index contributed by atoms with van der Waals surface area (Å²) in [5.74, 6) is -3.53. The van der Waals surface area contributed by atoms with Gasteiger partial charge < -0.3 is 19.7 Å². The van der Waals surface area contributed by atoms with Gasteiger partial charge in [0, 0.05) is 23.3 Å². The zero-order chi connectivity index (χ0) is 20.7. The van der Waals surface area contributed by atoms with Gasteiger partial charge in [-0.1, -0.05) is 13.8 Å². The lowest BCUT2D eigenvalue weighted by Crippen LogP contribution is -2.13. The first-order valence-electron chi connectivity index (χ1n) is 8.34. The van der Waals surface area contributed by atoms with Crippen molar-refractivity contribution in [1.82, 2.24) is 0 Å². The van der Waals surface area contributed by atoms with Crippen molar-refractivity contribution in [2.75, 3.05) is 13.2 Å². The Balaban J connectivity index is 0. The fraction of sp³-hybridized carbons (Fsp3) is 0.556. The molecule has 8 nitrogen and oxygen atoms in total. The van der Waals surface area contributed by atoms with Crippen molar-refractivity contribution in [1.29, 1.82) is 0 Å². The SMILES string of the molecule is CCC(CC)/C(=C\C(=O)O)C(=O)O.CCOC(=O)/C=C(\C)C(=O)OCC. The molecule has 0 radical (unpaired) electrons. The van der Waals surface area contributed by atoms with E-state index in [1.807, 2.05) is 13.8 Å². The number of ether oxygens (including phenoxy) is 2. The number of carbonyl (C=O) groups excluding carboxylic acids is 2. The van der Waals surface area contributed by atoms with Crippen LogP contribution >= 0.6 is 0 Å². The van der Waals surface area contributed by atoms with Crippen molar-refractivity contribution in [3.8, 4) is 0 Å². The molecule has 0 spiro atoms. The van der Waals surface area contributed by atoms with Crippen LogP contribution in [0.5, 0.6) is 0 Å². The van der Waals surface area contributed by atoms with E-state index in [2.05, 4.69) is 9.47 Å². The molecule has 0 saturated heterocycles. The number of carbonyl (C=O) groups is 4. The normalized spacial score (nSPS) is 11.3.